The lowest BCUT2D eigenvalue weighted by atomic mass is 9.78. The summed E-state index contributed by atoms with van der Waals surface area (Å²) >= 11 is 6.69. The summed E-state index contributed by atoms with van der Waals surface area (Å²) in [5.41, 5.74) is 2.85. The maximum absolute atomic E-state index is 12.9. The Morgan fingerprint density at radius 3 is 2.79 bits per heavy atom. The third-order valence-corrected chi connectivity index (χ3v) is 6.99. The van der Waals surface area contributed by atoms with Gasteiger partial charge in [-0.25, -0.2) is 4.98 Å². The molecule has 170 valence electrons. The van der Waals surface area contributed by atoms with Crippen molar-refractivity contribution in [1.82, 2.24) is 24.9 Å². The van der Waals surface area contributed by atoms with Gasteiger partial charge in [0.2, 0.25) is 5.95 Å². The van der Waals surface area contributed by atoms with E-state index < -0.39 is 0 Å². The first-order valence-corrected chi connectivity index (χ1v) is 11.8. The number of H-pyrrole nitrogens is 1. The molecule has 3 heterocycles. The van der Waals surface area contributed by atoms with Crippen LogP contribution >= 0.6 is 11.6 Å². The van der Waals surface area contributed by atoms with Crippen LogP contribution in [0.2, 0.25) is 0 Å². The van der Waals surface area contributed by atoms with Crippen LogP contribution in [0.3, 0.4) is 0 Å². The Hall–Kier alpha value is -3.06. The Kier molecular flexibility index (Phi) is 5.74. The zero-order valence-corrected chi connectivity index (χ0v) is 19.6. The van der Waals surface area contributed by atoms with E-state index in [1.807, 2.05) is 25.1 Å². The number of allylic oxidation sites excluding steroid dienone is 4. The number of pyridine rings is 1. The van der Waals surface area contributed by atoms with Crippen molar-refractivity contribution in [2.45, 2.75) is 51.4 Å². The summed E-state index contributed by atoms with van der Waals surface area (Å²) in [5.74, 6) is 1.22. The molecule has 1 fully saturated rings. The van der Waals surface area contributed by atoms with E-state index in [0.717, 1.165) is 23.3 Å². The van der Waals surface area contributed by atoms with Crippen LogP contribution in [-0.2, 0) is 5.41 Å². The van der Waals surface area contributed by atoms with Gasteiger partial charge < -0.3 is 10.3 Å². The molecule has 33 heavy (non-hydrogen) atoms. The van der Waals surface area contributed by atoms with E-state index in [1.165, 1.54) is 25.7 Å². The van der Waals surface area contributed by atoms with E-state index in [4.69, 9.17) is 11.6 Å². The number of hydrogen-bond donors (Lipinski definition) is 2. The Bertz CT molecular complexity index is 1320. The Morgan fingerprint density at radius 1 is 1.21 bits per heavy atom. The molecule has 0 radical (unpaired) electrons. The third kappa shape index (κ3) is 4.42. The molecule has 5 rings (SSSR count). The molecular weight excluding hydrogens is 436 g/mol. The summed E-state index contributed by atoms with van der Waals surface area (Å²) in [4.78, 5) is 33.7. The van der Waals surface area contributed by atoms with Crippen LogP contribution in [0.5, 0.6) is 0 Å². The monoisotopic (exact) mass is 462 g/mol. The van der Waals surface area contributed by atoms with E-state index in [0.29, 0.717) is 40.1 Å². The fourth-order valence-electron chi connectivity index (χ4n) is 4.71. The van der Waals surface area contributed by atoms with Crippen LogP contribution in [0.15, 0.2) is 46.6 Å². The van der Waals surface area contributed by atoms with Gasteiger partial charge in [-0.15, -0.1) is 0 Å². The molecule has 0 aliphatic heterocycles. The highest BCUT2D eigenvalue weighted by Crippen LogP contribution is 2.40. The fraction of sp³-hybridized carbons (Fsp3) is 0.400. The highest BCUT2D eigenvalue weighted by atomic mass is 35.5. The maximum atomic E-state index is 12.9. The second-order valence-corrected chi connectivity index (χ2v) is 9.73. The molecular formula is C25H27ClN6O. The van der Waals surface area contributed by atoms with Crippen LogP contribution < -0.4 is 10.9 Å². The van der Waals surface area contributed by atoms with Crippen molar-refractivity contribution in [3.63, 3.8) is 0 Å². The number of aryl methyl sites for hydroxylation is 1. The number of aromatic amines is 1. The molecule has 1 unspecified atom stereocenters. The van der Waals surface area contributed by atoms with Gasteiger partial charge in [0.25, 0.3) is 5.56 Å². The first-order valence-electron chi connectivity index (χ1n) is 11.4. The van der Waals surface area contributed by atoms with E-state index in [-0.39, 0.29) is 11.0 Å². The Balaban J connectivity index is 1.41. The van der Waals surface area contributed by atoms with Crippen molar-refractivity contribution in [2.75, 3.05) is 11.9 Å². The third-order valence-electron chi connectivity index (χ3n) is 6.68. The number of halogens is 1. The average Bonchev–Trinajstić information content (AvgIpc) is 3.31. The van der Waals surface area contributed by atoms with Crippen LogP contribution in [0, 0.1) is 12.8 Å². The van der Waals surface area contributed by atoms with Gasteiger partial charge in [0.15, 0.2) is 0 Å². The van der Waals surface area contributed by atoms with Gasteiger partial charge in [-0.05, 0) is 38.2 Å². The molecule has 1 saturated carbocycles. The molecule has 0 amide bonds. The van der Waals surface area contributed by atoms with Crippen LogP contribution in [-0.4, -0.2) is 31.5 Å². The molecule has 0 aromatic carbocycles. The first kappa shape index (κ1) is 21.8. The van der Waals surface area contributed by atoms with Gasteiger partial charge in [0.1, 0.15) is 5.65 Å². The lowest BCUT2D eigenvalue weighted by Gasteiger charge is -2.29. The minimum Gasteiger partial charge on any atom is -0.354 e. The van der Waals surface area contributed by atoms with Crippen molar-refractivity contribution in [1.29, 1.82) is 0 Å². The van der Waals surface area contributed by atoms with Crippen molar-refractivity contribution >= 4 is 34.2 Å². The molecule has 0 saturated heterocycles. The molecule has 0 spiro atoms. The van der Waals surface area contributed by atoms with Crippen LogP contribution in [0.25, 0.3) is 16.6 Å². The average molecular weight is 463 g/mol. The summed E-state index contributed by atoms with van der Waals surface area (Å²) in [5, 5.41) is 4.60. The van der Waals surface area contributed by atoms with E-state index >= 15 is 0 Å². The number of hydrogen-bond acceptors (Lipinski definition) is 6. The standard InChI is InChI=1S/C25H27ClN6O/c1-15-11-27-14-21(30-15)25(2)8-7-18(20(26)10-25)19-9-17-13-29-24(32-22(17)31-23(19)33)28-12-16-5-3-4-6-16/h7,9-11,13-14,16H,3-6,8,12H2,1-2H3,(H2,28,29,31,32,33). The minimum atomic E-state index is -0.383. The smallest absolute Gasteiger partial charge is 0.257 e. The quantitative estimate of drug-likeness (QED) is 0.560. The molecule has 2 N–H and O–H groups in total. The summed E-state index contributed by atoms with van der Waals surface area (Å²) in [6.07, 6.45) is 15.0. The predicted molar refractivity (Wildman–Crippen MR) is 131 cm³/mol. The first-order chi connectivity index (χ1) is 15.9. The van der Waals surface area contributed by atoms with E-state index in [2.05, 4.69) is 37.2 Å². The van der Waals surface area contributed by atoms with Crippen molar-refractivity contribution in [3.05, 3.63) is 69.1 Å². The van der Waals surface area contributed by atoms with Crippen molar-refractivity contribution in [3.8, 4) is 0 Å². The number of anilines is 1. The van der Waals surface area contributed by atoms with Gasteiger partial charge in [-0.3, -0.25) is 14.8 Å². The number of nitrogens with zero attached hydrogens (tertiary/aromatic N) is 4. The normalized spacial score (nSPS) is 21.2. The summed E-state index contributed by atoms with van der Waals surface area (Å²) in [6.45, 7) is 4.86. The molecule has 8 heteroatoms. The zero-order valence-electron chi connectivity index (χ0n) is 18.9. The van der Waals surface area contributed by atoms with Gasteiger partial charge in [0.05, 0.1) is 11.4 Å². The van der Waals surface area contributed by atoms with Gasteiger partial charge in [0, 0.05) is 52.1 Å². The fourth-order valence-corrected chi connectivity index (χ4v) is 5.13. The molecule has 3 aromatic heterocycles. The molecule has 2 aliphatic carbocycles. The second kappa shape index (κ2) is 8.71. The number of aromatic nitrogens is 5. The Labute approximate surface area is 197 Å². The van der Waals surface area contributed by atoms with Crippen molar-refractivity contribution in [2.24, 2.45) is 5.92 Å². The SMILES string of the molecule is Cc1cncc(C2(C)C=C(Cl)C(c3cc4cnc(NCC5CCCC5)nc4[nH]c3=O)=CC2)n1. The summed E-state index contributed by atoms with van der Waals surface area (Å²) < 4.78 is 0. The highest BCUT2D eigenvalue weighted by Gasteiger charge is 2.30. The second-order valence-electron chi connectivity index (χ2n) is 9.32. The molecule has 2 aliphatic rings. The Morgan fingerprint density at radius 2 is 2.03 bits per heavy atom. The number of nitrogens with one attached hydrogen (secondary N) is 2. The predicted octanol–water partition coefficient (Wildman–Crippen LogP) is 4.89. The van der Waals surface area contributed by atoms with Gasteiger partial charge in [-0.2, -0.15) is 4.98 Å². The molecule has 0 bridgehead atoms. The maximum Gasteiger partial charge on any atom is 0.257 e. The zero-order chi connectivity index (χ0) is 23.0. The molecule has 3 aromatic rings. The molecule has 1 atom stereocenters. The summed E-state index contributed by atoms with van der Waals surface area (Å²) in [6, 6.07) is 1.81. The van der Waals surface area contributed by atoms with Crippen molar-refractivity contribution < 1.29 is 0 Å². The van der Waals surface area contributed by atoms with Crippen LogP contribution in [0.1, 0.15) is 56.0 Å². The largest absolute Gasteiger partial charge is 0.354 e. The summed E-state index contributed by atoms with van der Waals surface area (Å²) in [7, 11) is 0. The minimum absolute atomic E-state index is 0.223. The van der Waals surface area contributed by atoms with E-state index in [9.17, 15) is 4.79 Å². The van der Waals surface area contributed by atoms with Crippen LogP contribution in [0.4, 0.5) is 5.95 Å². The number of rotatable bonds is 5. The van der Waals surface area contributed by atoms with Gasteiger partial charge >= 0.3 is 0 Å². The lowest BCUT2D eigenvalue weighted by molar-refractivity contribution is 0.573. The molecule has 7 nitrogen and oxygen atoms in total. The highest BCUT2D eigenvalue weighted by molar-refractivity contribution is 6.37. The topological polar surface area (TPSA) is 96.5 Å². The lowest BCUT2D eigenvalue weighted by Crippen LogP contribution is -2.24. The van der Waals surface area contributed by atoms with E-state index in [1.54, 1.807) is 18.6 Å². The number of fused-ring (bicyclic) bond motifs is 1. The van der Waals surface area contributed by atoms with Gasteiger partial charge in [-0.1, -0.05) is 43.5 Å².